The summed E-state index contributed by atoms with van der Waals surface area (Å²) in [7, 11) is 4.15. The molecule has 0 unspecified atom stereocenters. The van der Waals surface area contributed by atoms with Crippen LogP contribution in [0.4, 0.5) is 0 Å². The number of ether oxygens (including phenoxy) is 1. The van der Waals surface area contributed by atoms with Gasteiger partial charge in [-0.2, -0.15) is 0 Å². The molecule has 1 aromatic carbocycles. The summed E-state index contributed by atoms with van der Waals surface area (Å²) in [6, 6.07) is 11.4. The van der Waals surface area contributed by atoms with Crippen molar-refractivity contribution in [2.45, 2.75) is 19.4 Å². The first-order valence-corrected chi connectivity index (χ1v) is 7.12. The molecule has 4 heteroatoms. The van der Waals surface area contributed by atoms with E-state index in [0.29, 0.717) is 11.6 Å². The standard InChI is InChI=1S/C16H20ClNO2/c1-18(2)10-4-7-14-8-9-16(20-14)12-19-15-6-3-5-13(17)11-15/h3,5-6,8-9,11H,4,7,10,12H2,1-2H3. The molecule has 2 rings (SSSR count). The van der Waals surface area contributed by atoms with Crippen molar-refractivity contribution in [3.63, 3.8) is 0 Å². The van der Waals surface area contributed by atoms with Gasteiger partial charge in [0.2, 0.25) is 0 Å². The van der Waals surface area contributed by atoms with Crippen LogP contribution in [0.2, 0.25) is 5.02 Å². The van der Waals surface area contributed by atoms with Crippen molar-refractivity contribution in [2.75, 3.05) is 20.6 Å². The Labute approximate surface area is 125 Å². The molecule has 0 atom stereocenters. The molecule has 0 saturated carbocycles. The number of nitrogens with zero attached hydrogens (tertiary/aromatic N) is 1. The lowest BCUT2D eigenvalue weighted by atomic mass is 10.2. The van der Waals surface area contributed by atoms with Crippen LogP contribution in [0, 0.1) is 0 Å². The number of aryl methyl sites for hydroxylation is 1. The SMILES string of the molecule is CN(C)CCCc1ccc(COc2cccc(Cl)c2)o1. The number of hydrogen-bond acceptors (Lipinski definition) is 3. The topological polar surface area (TPSA) is 25.6 Å². The third kappa shape index (κ3) is 4.91. The van der Waals surface area contributed by atoms with Crippen molar-refractivity contribution in [3.05, 3.63) is 52.9 Å². The van der Waals surface area contributed by atoms with E-state index >= 15 is 0 Å². The predicted octanol–water partition coefficient (Wildman–Crippen LogP) is 4.01. The lowest BCUT2D eigenvalue weighted by Crippen LogP contribution is -2.13. The Hall–Kier alpha value is -1.45. The molecule has 0 radical (unpaired) electrons. The van der Waals surface area contributed by atoms with Gasteiger partial charge in [-0.3, -0.25) is 0 Å². The minimum atomic E-state index is 0.425. The minimum Gasteiger partial charge on any atom is -0.486 e. The number of rotatable bonds is 7. The van der Waals surface area contributed by atoms with Crippen LogP contribution in [0.15, 0.2) is 40.8 Å². The average molecular weight is 294 g/mol. The van der Waals surface area contributed by atoms with Gasteiger partial charge >= 0.3 is 0 Å². The van der Waals surface area contributed by atoms with E-state index in [0.717, 1.165) is 36.7 Å². The molecule has 108 valence electrons. The molecule has 20 heavy (non-hydrogen) atoms. The summed E-state index contributed by atoms with van der Waals surface area (Å²) in [5.41, 5.74) is 0. The summed E-state index contributed by atoms with van der Waals surface area (Å²) in [6.45, 7) is 1.49. The van der Waals surface area contributed by atoms with E-state index in [1.807, 2.05) is 30.3 Å². The van der Waals surface area contributed by atoms with Gasteiger partial charge in [-0.05, 0) is 57.4 Å². The van der Waals surface area contributed by atoms with Gasteiger partial charge in [0.15, 0.2) is 0 Å². The molecular weight excluding hydrogens is 274 g/mol. The van der Waals surface area contributed by atoms with Crippen molar-refractivity contribution in [1.29, 1.82) is 0 Å². The van der Waals surface area contributed by atoms with Gasteiger partial charge in [-0.1, -0.05) is 17.7 Å². The molecule has 1 heterocycles. The Morgan fingerprint density at radius 3 is 2.70 bits per heavy atom. The van der Waals surface area contributed by atoms with Gasteiger partial charge in [0.05, 0.1) is 0 Å². The molecule has 0 fully saturated rings. The maximum absolute atomic E-state index is 5.91. The summed E-state index contributed by atoms with van der Waals surface area (Å²) in [5.74, 6) is 2.60. The van der Waals surface area contributed by atoms with Gasteiger partial charge in [0, 0.05) is 11.4 Å². The zero-order valence-electron chi connectivity index (χ0n) is 11.9. The molecule has 0 spiro atoms. The smallest absolute Gasteiger partial charge is 0.146 e. The molecule has 0 amide bonds. The third-order valence-corrected chi connectivity index (χ3v) is 3.16. The van der Waals surface area contributed by atoms with Crippen molar-refractivity contribution in [3.8, 4) is 5.75 Å². The Kier molecular flexibility index (Phi) is 5.50. The largest absolute Gasteiger partial charge is 0.486 e. The molecule has 0 N–H and O–H groups in total. The van der Waals surface area contributed by atoms with Gasteiger partial charge in [-0.15, -0.1) is 0 Å². The molecule has 0 saturated heterocycles. The lowest BCUT2D eigenvalue weighted by Gasteiger charge is -2.07. The summed E-state index contributed by atoms with van der Waals surface area (Å²) in [4.78, 5) is 2.17. The number of hydrogen-bond donors (Lipinski definition) is 0. The van der Waals surface area contributed by atoms with E-state index in [1.54, 1.807) is 6.07 Å². The van der Waals surface area contributed by atoms with Crippen LogP contribution in [0.5, 0.6) is 5.75 Å². The molecule has 1 aromatic heterocycles. The van der Waals surface area contributed by atoms with E-state index in [2.05, 4.69) is 19.0 Å². The maximum atomic E-state index is 5.91. The van der Waals surface area contributed by atoms with E-state index in [1.165, 1.54) is 0 Å². The third-order valence-electron chi connectivity index (χ3n) is 2.92. The highest BCUT2D eigenvalue weighted by Gasteiger charge is 2.04. The fourth-order valence-corrected chi connectivity index (χ4v) is 2.10. The highest BCUT2D eigenvalue weighted by molar-refractivity contribution is 6.30. The monoisotopic (exact) mass is 293 g/mol. The number of benzene rings is 1. The van der Waals surface area contributed by atoms with Gasteiger partial charge in [-0.25, -0.2) is 0 Å². The summed E-state index contributed by atoms with van der Waals surface area (Å²) in [5, 5.41) is 0.673. The highest BCUT2D eigenvalue weighted by atomic mass is 35.5. The second kappa shape index (κ2) is 7.36. The molecule has 0 bridgehead atoms. The van der Waals surface area contributed by atoms with Crippen LogP contribution in [0.3, 0.4) is 0 Å². The Balaban J connectivity index is 1.80. The number of furan rings is 1. The lowest BCUT2D eigenvalue weighted by molar-refractivity contribution is 0.265. The van der Waals surface area contributed by atoms with Crippen molar-refractivity contribution in [2.24, 2.45) is 0 Å². The Morgan fingerprint density at radius 1 is 1.15 bits per heavy atom. The molecule has 0 aliphatic heterocycles. The van der Waals surface area contributed by atoms with Crippen LogP contribution in [0.1, 0.15) is 17.9 Å². The number of halogens is 1. The first kappa shape index (κ1) is 14.9. The van der Waals surface area contributed by atoms with Crippen molar-refractivity contribution < 1.29 is 9.15 Å². The van der Waals surface area contributed by atoms with E-state index in [-0.39, 0.29) is 0 Å². The van der Waals surface area contributed by atoms with Gasteiger partial charge < -0.3 is 14.1 Å². The highest BCUT2D eigenvalue weighted by Crippen LogP contribution is 2.19. The summed E-state index contributed by atoms with van der Waals surface area (Å²) < 4.78 is 11.4. The summed E-state index contributed by atoms with van der Waals surface area (Å²) >= 11 is 5.91. The zero-order valence-corrected chi connectivity index (χ0v) is 12.7. The maximum Gasteiger partial charge on any atom is 0.146 e. The van der Waals surface area contributed by atoms with Crippen LogP contribution >= 0.6 is 11.6 Å². The molecule has 2 aromatic rings. The van der Waals surface area contributed by atoms with Crippen molar-refractivity contribution >= 4 is 11.6 Å². The van der Waals surface area contributed by atoms with E-state index < -0.39 is 0 Å². The Morgan fingerprint density at radius 2 is 1.95 bits per heavy atom. The first-order chi connectivity index (χ1) is 9.63. The van der Waals surface area contributed by atoms with E-state index in [9.17, 15) is 0 Å². The fraction of sp³-hybridized carbons (Fsp3) is 0.375. The van der Waals surface area contributed by atoms with Crippen LogP contribution in [-0.4, -0.2) is 25.5 Å². The first-order valence-electron chi connectivity index (χ1n) is 6.74. The average Bonchev–Trinajstić information content (AvgIpc) is 2.84. The minimum absolute atomic E-state index is 0.425. The van der Waals surface area contributed by atoms with Gasteiger partial charge in [0.1, 0.15) is 23.9 Å². The van der Waals surface area contributed by atoms with Crippen LogP contribution in [-0.2, 0) is 13.0 Å². The van der Waals surface area contributed by atoms with Crippen LogP contribution < -0.4 is 4.74 Å². The quantitative estimate of drug-likeness (QED) is 0.771. The second-order valence-corrected chi connectivity index (χ2v) is 5.46. The predicted molar refractivity (Wildman–Crippen MR) is 81.4 cm³/mol. The normalized spacial score (nSPS) is 11.0. The second-order valence-electron chi connectivity index (χ2n) is 5.02. The fourth-order valence-electron chi connectivity index (χ4n) is 1.92. The summed E-state index contributed by atoms with van der Waals surface area (Å²) in [6.07, 6.45) is 2.05. The van der Waals surface area contributed by atoms with Gasteiger partial charge in [0.25, 0.3) is 0 Å². The zero-order chi connectivity index (χ0) is 14.4. The van der Waals surface area contributed by atoms with E-state index in [4.69, 9.17) is 20.8 Å². The Bertz CT molecular complexity index is 537. The molecule has 0 aliphatic carbocycles. The molecular formula is C16H20ClNO2. The molecule has 3 nitrogen and oxygen atoms in total. The molecule has 0 aliphatic rings. The van der Waals surface area contributed by atoms with Crippen molar-refractivity contribution in [1.82, 2.24) is 4.90 Å². The van der Waals surface area contributed by atoms with Crippen LogP contribution in [0.25, 0.3) is 0 Å².